The van der Waals surface area contributed by atoms with Gasteiger partial charge in [0.2, 0.25) is 5.91 Å². The van der Waals surface area contributed by atoms with Gasteiger partial charge in [-0.25, -0.2) is 4.79 Å². The number of hydrogen-bond donors (Lipinski definition) is 1. The van der Waals surface area contributed by atoms with E-state index in [0.29, 0.717) is 25.6 Å². The zero-order valence-corrected chi connectivity index (χ0v) is 12.5. The van der Waals surface area contributed by atoms with E-state index in [1.54, 1.807) is 23.9 Å². The van der Waals surface area contributed by atoms with E-state index in [1.165, 1.54) is 19.3 Å². The molecule has 5 nitrogen and oxygen atoms in total. The Balaban J connectivity index is 1.83. The number of rotatable bonds is 2. The molecule has 0 saturated heterocycles. The van der Waals surface area contributed by atoms with Gasteiger partial charge in [-0.2, -0.15) is 0 Å². The number of nitrogens with zero attached hydrogens (tertiary/aromatic N) is 2. The van der Waals surface area contributed by atoms with Crippen LogP contribution in [0.15, 0.2) is 11.6 Å². The van der Waals surface area contributed by atoms with E-state index < -0.39 is 0 Å². The molecule has 2 rings (SSSR count). The molecule has 3 amide bonds. The van der Waals surface area contributed by atoms with Gasteiger partial charge in [-0.05, 0) is 19.3 Å². The maximum Gasteiger partial charge on any atom is 0.317 e. The highest BCUT2D eigenvalue weighted by molar-refractivity contribution is 5.93. The number of amides is 3. The number of urea groups is 1. The van der Waals surface area contributed by atoms with Crippen LogP contribution in [0.3, 0.4) is 0 Å². The predicted molar refractivity (Wildman–Crippen MR) is 78.4 cm³/mol. The zero-order valence-electron chi connectivity index (χ0n) is 12.5. The molecule has 20 heavy (non-hydrogen) atoms. The highest BCUT2D eigenvalue weighted by atomic mass is 16.2. The van der Waals surface area contributed by atoms with E-state index in [4.69, 9.17) is 0 Å². The van der Waals surface area contributed by atoms with Crippen molar-refractivity contribution in [2.45, 2.75) is 44.6 Å². The van der Waals surface area contributed by atoms with E-state index in [9.17, 15) is 9.59 Å². The predicted octanol–water partition coefficient (Wildman–Crippen LogP) is 1.75. The van der Waals surface area contributed by atoms with E-state index in [-0.39, 0.29) is 11.9 Å². The van der Waals surface area contributed by atoms with Gasteiger partial charge in [0.15, 0.2) is 0 Å². The van der Waals surface area contributed by atoms with E-state index in [1.807, 2.05) is 6.08 Å². The number of carbonyl (C=O) groups is 2. The van der Waals surface area contributed by atoms with Gasteiger partial charge in [-0.3, -0.25) is 4.79 Å². The Morgan fingerprint density at radius 2 is 1.95 bits per heavy atom. The van der Waals surface area contributed by atoms with Crippen molar-refractivity contribution in [2.24, 2.45) is 0 Å². The van der Waals surface area contributed by atoms with Crippen LogP contribution < -0.4 is 5.32 Å². The zero-order chi connectivity index (χ0) is 14.5. The maximum atomic E-state index is 12.2. The molecule has 0 atom stereocenters. The van der Waals surface area contributed by atoms with Gasteiger partial charge in [-0.1, -0.05) is 25.3 Å². The Kier molecular flexibility index (Phi) is 5.04. The molecular weight excluding hydrogens is 254 g/mol. The minimum absolute atomic E-state index is 0.0181. The third-order valence-electron chi connectivity index (χ3n) is 4.11. The second-order valence-corrected chi connectivity index (χ2v) is 5.91. The molecule has 5 heteroatoms. The molecule has 1 fully saturated rings. The van der Waals surface area contributed by atoms with Crippen LogP contribution in [0.25, 0.3) is 0 Å². The molecule has 1 N–H and O–H groups in total. The number of likely N-dealkylation sites (N-methyl/N-ethyl adjacent to an activating group) is 1. The van der Waals surface area contributed by atoms with E-state index in [0.717, 1.165) is 18.4 Å². The summed E-state index contributed by atoms with van der Waals surface area (Å²) in [6.07, 6.45) is 8.44. The first-order chi connectivity index (χ1) is 9.58. The molecule has 112 valence electrons. The van der Waals surface area contributed by atoms with Crippen LogP contribution in [0.1, 0.15) is 38.5 Å². The van der Waals surface area contributed by atoms with Crippen molar-refractivity contribution in [1.82, 2.24) is 15.1 Å². The fourth-order valence-electron chi connectivity index (χ4n) is 2.85. The fourth-order valence-corrected chi connectivity index (χ4v) is 2.85. The molecule has 0 unspecified atom stereocenters. The minimum atomic E-state index is 0.0181. The van der Waals surface area contributed by atoms with Crippen LogP contribution in [-0.2, 0) is 4.79 Å². The topological polar surface area (TPSA) is 52.7 Å². The second-order valence-electron chi connectivity index (χ2n) is 5.91. The second kappa shape index (κ2) is 6.77. The first-order valence-corrected chi connectivity index (χ1v) is 7.54. The highest BCUT2D eigenvalue weighted by Crippen LogP contribution is 2.18. The van der Waals surface area contributed by atoms with Gasteiger partial charge < -0.3 is 15.1 Å². The SMILES string of the molecule is CN(C)C(=O)C1=CCN(C(=O)NC2CCCCC2)CC1. The van der Waals surface area contributed by atoms with Gasteiger partial charge in [0, 0.05) is 38.8 Å². The van der Waals surface area contributed by atoms with Crippen molar-refractivity contribution in [3.63, 3.8) is 0 Å². The number of nitrogens with one attached hydrogen (secondary N) is 1. The lowest BCUT2D eigenvalue weighted by Gasteiger charge is -2.30. The van der Waals surface area contributed by atoms with Crippen LogP contribution in [0, 0.1) is 0 Å². The van der Waals surface area contributed by atoms with Gasteiger partial charge in [0.25, 0.3) is 0 Å². The lowest BCUT2D eigenvalue weighted by molar-refractivity contribution is -0.125. The van der Waals surface area contributed by atoms with Crippen LogP contribution in [-0.4, -0.2) is 55.0 Å². The summed E-state index contributed by atoms with van der Waals surface area (Å²) in [6, 6.07) is 0.356. The van der Waals surface area contributed by atoms with Gasteiger partial charge >= 0.3 is 6.03 Å². The van der Waals surface area contributed by atoms with Crippen molar-refractivity contribution in [1.29, 1.82) is 0 Å². The standard InChI is InChI=1S/C15H25N3O2/c1-17(2)14(19)12-8-10-18(11-9-12)15(20)16-13-6-4-3-5-7-13/h8,13H,3-7,9-11H2,1-2H3,(H,16,20). The summed E-state index contributed by atoms with van der Waals surface area (Å²) in [4.78, 5) is 27.4. The Labute approximate surface area is 121 Å². The molecular formula is C15H25N3O2. The van der Waals surface area contributed by atoms with Crippen molar-refractivity contribution in [2.75, 3.05) is 27.2 Å². The van der Waals surface area contributed by atoms with Crippen molar-refractivity contribution in [3.05, 3.63) is 11.6 Å². The molecule has 0 spiro atoms. The van der Waals surface area contributed by atoms with Gasteiger partial charge in [0.05, 0.1) is 0 Å². The quantitative estimate of drug-likeness (QED) is 0.837. The molecule has 0 bridgehead atoms. The average molecular weight is 279 g/mol. The number of hydrogen-bond acceptors (Lipinski definition) is 2. The lowest BCUT2D eigenvalue weighted by Crippen LogP contribution is -2.47. The molecule has 2 aliphatic rings. The first kappa shape index (κ1) is 14.9. The molecule has 1 aliphatic carbocycles. The minimum Gasteiger partial charge on any atom is -0.345 e. The smallest absolute Gasteiger partial charge is 0.317 e. The van der Waals surface area contributed by atoms with E-state index in [2.05, 4.69) is 5.32 Å². The normalized spacial score (nSPS) is 20.3. The Morgan fingerprint density at radius 3 is 2.50 bits per heavy atom. The lowest BCUT2D eigenvalue weighted by atomic mass is 9.96. The van der Waals surface area contributed by atoms with Crippen molar-refractivity contribution in [3.8, 4) is 0 Å². The summed E-state index contributed by atoms with van der Waals surface area (Å²) >= 11 is 0. The number of carbonyl (C=O) groups excluding carboxylic acids is 2. The van der Waals surface area contributed by atoms with Crippen LogP contribution in [0.4, 0.5) is 4.79 Å². The molecule has 0 radical (unpaired) electrons. The summed E-state index contributed by atoms with van der Waals surface area (Å²) in [5, 5.41) is 3.12. The summed E-state index contributed by atoms with van der Waals surface area (Å²) in [7, 11) is 3.51. The van der Waals surface area contributed by atoms with Gasteiger partial charge in [0.1, 0.15) is 0 Å². The van der Waals surface area contributed by atoms with Crippen molar-refractivity contribution < 1.29 is 9.59 Å². The van der Waals surface area contributed by atoms with Crippen LogP contribution >= 0.6 is 0 Å². The molecule has 1 saturated carbocycles. The van der Waals surface area contributed by atoms with E-state index >= 15 is 0 Å². The van der Waals surface area contributed by atoms with Gasteiger partial charge in [-0.15, -0.1) is 0 Å². The summed E-state index contributed by atoms with van der Waals surface area (Å²) in [6.45, 7) is 1.16. The van der Waals surface area contributed by atoms with Crippen molar-refractivity contribution >= 4 is 11.9 Å². The molecule has 1 aliphatic heterocycles. The summed E-state index contributed by atoms with van der Waals surface area (Å²) < 4.78 is 0. The largest absolute Gasteiger partial charge is 0.345 e. The third-order valence-corrected chi connectivity index (χ3v) is 4.11. The molecule has 1 heterocycles. The summed E-state index contributed by atoms with van der Waals surface area (Å²) in [5.41, 5.74) is 0.816. The average Bonchev–Trinajstić information content (AvgIpc) is 2.47. The summed E-state index contributed by atoms with van der Waals surface area (Å²) in [5.74, 6) is 0.0531. The third kappa shape index (κ3) is 3.74. The Hall–Kier alpha value is -1.52. The monoisotopic (exact) mass is 279 g/mol. The fraction of sp³-hybridized carbons (Fsp3) is 0.733. The maximum absolute atomic E-state index is 12.2. The van der Waals surface area contributed by atoms with Crippen LogP contribution in [0.2, 0.25) is 0 Å². The highest BCUT2D eigenvalue weighted by Gasteiger charge is 2.23. The Morgan fingerprint density at radius 1 is 1.25 bits per heavy atom. The molecule has 0 aromatic rings. The molecule has 0 aromatic carbocycles. The Bertz CT molecular complexity index is 398. The molecule has 0 aromatic heterocycles. The first-order valence-electron chi connectivity index (χ1n) is 7.54. The van der Waals surface area contributed by atoms with Crippen LogP contribution in [0.5, 0.6) is 0 Å².